The summed E-state index contributed by atoms with van der Waals surface area (Å²) in [6, 6.07) is 0. The Balaban J connectivity index is 2.60. The molecule has 0 saturated carbocycles. The van der Waals surface area contributed by atoms with Gasteiger partial charge in [0.05, 0.1) is 5.38 Å². The summed E-state index contributed by atoms with van der Waals surface area (Å²) in [5.41, 5.74) is 0. The molecule has 12 heavy (non-hydrogen) atoms. The predicted molar refractivity (Wildman–Crippen MR) is 31.6 cm³/mol. The number of carbonyl (C=O) groups is 1. The number of alkyl halides is 3. The standard InChI is InChI=1S/C4HF3N2O2S/c5-4(6,7)3(10)11-2-1-12-9-8-2/h1H. The molecule has 1 heterocycles. The largest absolute Gasteiger partial charge is 0.491 e. The summed E-state index contributed by atoms with van der Waals surface area (Å²) in [4.78, 5) is 10.1. The minimum atomic E-state index is -5.00. The van der Waals surface area contributed by atoms with E-state index in [-0.39, 0.29) is 0 Å². The second kappa shape index (κ2) is 3.05. The molecular weight excluding hydrogens is 197 g/mol. The molecule has 8 heteroatoms. The summed E-state index contributed by atoms with van der Waals surface area (Å²) in [5, 5.41) is 4.18. The molecule has 0 saturated heterocycles. The second-order valence-corrected chi connectivity index (χ2v) is 2.24. The molecule has 0 unspecified atom stereocenters. The highest BCUT2D eigenvalue weighted by molar-refractivity contribution is 7.03. The maximum absolute atomic E-state index is 11.5. The quantitative estimate of drug-likeness (QED) is 0.632. The topological polar surface area (TPSA) is 52.1 Å². The van der Waals surface area contributed by atoms with Crippen LogP contribution in [-0.2, 0) is 4.79 Å². The molecule has 0 spiro atoms. The normalized spacial score (nSPS) is 11.2. The average molecular weight is 198 g/mol. The lowest BCUT2D eigenvalue weighted by Crippen LogP contribution is -2.28. The summed E-state index contributed by atoms with van der Waals surface area (Å²) < 4.78 is 41.6. The molecule has 0 fully saturated rings. The van der Waals surface area contributed by atoms with E-state index >= 15 is 0 Å². The number of esters is 1. The third kappa shape index (κ3) is 2.16. The smallest absolute Gasteiger partial charge is 0.398 e. The van der Waals surface area contributed by atoms with E-state index < -0.39 is 18.0 Å². The number of hydrogen-bond donors (Lipinski definition) is 0. The van der Waals surface area contributed by atoms with Gasteiger partial charge in [-0.25, -0.2) is 4.79 Å². The van der Waals surface area contributed by atoms with Crippen molar-refractivity contribution in [3.8, 4) is 5.88 Å². The molecule has 0 bridgehead atoms. The summed E-state index contributed by atoms with van der Waals surface area (Å²) in [5.74, 6) is -2.74. The van der Waals surface area contributed by atoms with Crippen LogP contribution in [0.2, 0.25) is 0 Å². The van der Waals surface area contributed by atoms with Crippen LogP contribution in [-0.4, -0.2) is 21.7 Å². The molecule has 0 N–H and O–H groups in total. The van der Waals surface area contributed by atoms with Gasteiger partial charge in [0, 0.05) is 0 Å². The van der Waals surface area contributed by atoms with Crippen LogP contribution in [0.4, 0.5) is 13.2 Å². The molecule has 0 aliphatic carbocycles. The number of halogens is 3. The summed E-state index contributed by atoms with van der Waals surface area (Å²) in [6.45, 7) is 0. The van der Waals surface area contributed by atoms with Crippen molar-refractivity contribution in [3.05, 3.63) is 5.38 Å². The van der Waals surface area contributed by atoms with Crippen LogP contribution in [0.3, 0.4) is 0 Å². The third-order valence-electron chi connectivity index (χ3n) is 0.769. The van der Waals surface area contributed by atoms with Crippen molar-refractivity contribution in [1.29, 1.82) is 0 Å². The number of nitrogens with zero attached hydrogens (tertiary/aromatic N) is 2. The number of carbonyl (C=O) groups excluding carboxylic acids is 1. The fraction of sp³-hybridized carbons (Fsp3) is 0.250. The van der Waals surface area contributed by atoms with Gasteiger partial charge in [0.1, 0.15) is 0 Å². The minimum absolute atomic E-state index is 0.442. The maximum atomic E-state index is 11.5. The molecule has 4 nitrogen and oxygen atoms in total. The lowest BCUT2D eigenvalue weighted by atomic mass is 10.7. The van der Waals surface area contributed by atoms with Crippen LogP contribution in [0.15, 0.2) is 5.38 Å². The maximum Gasteiger partial charge on any atom is 0.491 e. The van der Waals surface area contributed by atoms with Crippen molar-refractivity contribution in [2.24, 2.45) is 0 Å². The molecule has 1 aromatic heterocycles. The molecular formula is C4HF3N2O2S. The molecule has 0 aromatic carbocycles. The highest BCUT2D eigenvalue weighted by Crippen LogP contribution is 2.18. The van der Waals surface area contributed by atoms with Gasteiger partial charge in [0.15, 0.2) is 0 Å². The molecule has 0 aliphatic heterocycles. The SMILES string of the molecule is O=C(Oc1csnn1)C(F)(F)F. The highest BCUT2D eigenvalue weighted by Gasteiger charge is 2.41. The fourth-order valence-electron chi connectivity index (χ4n) is 0.353. The van der Waals surface area contributed by atoms with Gasteiger partial charge in [-0.2, -0.15) is 13.2 Å². The van der Waals surface area contributed by atoms with Crippen LogP contribution in [0.25, 0.3) is 0 Å². The zero-order valence-corrected chi connectivity index (χ0v) is 6.15. The lowest BCUT2D eigenvalue weighted by Gasteiger charge is -2.02. The molecule has 0 aliphatic rings. The highest BCUT2D eigenvalue weighted by atomic mass is 32.1. The molecule has 0 radical (unpaired) electrons. The van der Waals surface area contributed by atoms with Crippen LogP contribution < -0.4 is 4.74 Å². The first-order chi connectivity index (χ1) is 5.50. The van der Waals surface area contributed by atoms with E-state index in [4.69, 9.17) is 0 Å². The van der Waals surface area contributed by atoms with E-state index in [1.54, 1.807) is 0 Å². The fourth-order valence-corrected chi connectivity index (χ4v) is 0.714. The monoisotopic (exact) mass is 198 g/mol. The van der Waals surface area contributed by atoms with Crippen LogP contribution in [0, 0.1) is 0 Å². The zero-order valence-electron chi connectivity index (χ0n) is 5.33. The minimum Gasteiger partial charge on any atom is -0.398 e. The van der Waals surface area contributed by atoms with E-state index in [9.17, 15) is 18.0 Å². The first-order valence-electron chi connectivity index (χ1n) is 2.56. The summed E-state index contributed by atoms with van der Waals surface area (Å²) in [6.07, 6.45) is -5.00. The Morgan fingerprint density at radius 2 is 2.25 bits per heavy atom. The van der Waals surface area contributed by atoms with E-state index in [1.165, 1.54) is 0 Å². The molecule has 0 atom stereocenters. The van der Waals surface area contributed by atoms with E-state index in [1.807, 2.05) is 0 Å². The van der Waals surface area contributed by atoms with Crippen molar-refractivity contribution in [2.75, 3.05) is 0 Å². The van der Waals surface area contributed by atoms with Crippen LogP contribution >= 0.6 is 11.5 Å². The number of aromatic nitrogens is 2. The first-order valence-corrected chi connectivity index (χ1v) is 3.40. The molecule has 66 valence electrons. The molecule has 0 amide bonds. The van der Waals surface area contributed by atoms with E-state index in [0.29, 0.717) is 0 Å². The van der Waals surface area contributed by atoms with Gasteiger partial charge >= 0.3 is 12.1 Å². The van der Waals surface area contributed by atoms with E-state index in [2.05, 4.69) is 14.3 Å². The number of hydrogen-bond acceptors (Lipinski definition) is 5. The van der Waals surface area contributed by atoms with Crippen LogP contribution in [0.5, 0.6) is 5.88 Å². The number of ether oxygens (including phenoxy) is 1. The Morgan fingerprint density at radius 1 is 1.58 bits per heavy atom. The summed E-state index contributed by atoms with van der Waals surface area (Å²) in [7, 11) is 0. The first kappa shape index (κ1) is 8.91. The van der Waals surface area contributed by atoms with Crippen LogP contribution in [0.1, 0.15) is 0 Å². The van der Waals surface area contributed by atoms with Crippen molar-refractivity contribution in [3.63, 3.8) is 0 Å². The Bertz CT molecular complexity index is 270. The third-order valence-corrected chi connectivity index (χ3v) is 1.25. The van der Waals surface area contributed by atoms with Crippen molar-refractivity contribution < 1.29 is 22.7 Å². The second-order valence-electron chi connectivity index (χ2n) is 1.63. The lowest BCUT2D eigenvalue weighted by molar-refractivity contribution is -0.190. The molecule has 1 aromatic rings. The van der Waals surface area contributed by atoms with Crippen molar-refractivity contribution in [1.82, 2.24) is 9.59 Å². The zero-order chi connectivity index (χ0) is 9.19. The van der Waals surface area contributed by atoms with Crippen molar-refractivity contribution >= 4 is 17.5 Å². The predicted octanol–water partition coefficient (Wildman–Crippen LogP) is 1.01. The molecule has 1 rings (SSSR count). The van der Waals surface area contributed by atoms with Gasteiger partial charge in [-0.3, -0.25) is 0 Å². The van der Waals surface area contributed by atoms with Gasteiger partial charge in [-0.1, -0.05) is 9.59 Å². The summed E-state index contributed by atoms with van der Waals surface area (Å²) >= 11 is 0.787. The Morgan fingerprint density at radius 3 is 2.67 bits per heavy atom. The van der Waals surface area contributed by atoms with Gasteiger partial charge in [-0.15, -0.1) is 0 Å². The Kier molecular flexibility index (Phi) is 2.27. The van der Waals surface area contributed by atoms with E-state index in [0.717, 1.165) is 16.9 Å². The Hall–Kier alpha value is -1.18. The Labute approximate surface area is 68.1 Å². The van der Waals surface area contributed by atoms with Gasteiger partial charge < -0.3 is 4.74 Å². The van der Waals surface area contributed by atoms with Gasteiger partial charge in [0.25, 0.3) is 5.88 Å². The average Bonchev–Trinajstić information content (AvgIpc) is 2.37. The van der Waals surface area contributed by atoms with Gasteiger partial charge in [0.2, 0.25) is 0 Å². The van der Waals surface area contributed by atoms with Gasteiger partial charge in [-0.05, 0) is 11.5 Å². The van der Waals surface area contributed by atoms with Crippen molar-refractivity contribution in [2.45, 2.75) is 6.18 Å². The number of rotatable bonds is 1.